The van der Waals surface area contributed by atoms with Crippen molar-refractivity contribution in [3.8, 4) is 5.69 Å². The predicted molar refractivity (Wildman–Crippen MR) is 154 cm³/mol. The maximum absolute atomic E-state index is 5.88. The smallest absolute Gasteiger partial charge is 0.170 e. The molecule has 0 spiro atoms. The van der Waals surface area contributed by atoms with Gasteiger partial charge in [-0.1, -0.05) is 12.1 Å². The van der Waals surface area contributed by atoms with Gasteiger partial charge in [0.1, 0.15) is 0 Å². The molecule has 4 heterocycles. The summed E-state index contributed by atoms with van der Waals surface area (Å²) in [5.74, 6) is 0. The molecular formula is C30H34N6S. The van der Waals surface area contributed by atoms with Gasteiger partial charge in [0.2, 0.25) is 0 Å². The van der Waals surface area contributed by atoms with Gasteiger partial charge in [0.05, 0.1) is 30.0 Å². The van der Waals surface area contributed by atoms with E-state index in [1.165, 1.54) is 22.6 Å². The fourth-order valence-corrected chi connectivity index (χ4v) is 5.77. The molecule has 0 bridgehead atoms. The van der Waals surface area contributed by atoms with Gasteiger partial charge in [-0.05, 0) is 100 Å². The summed E-state index contributed by atoms with van der Waals surface area (Å²) >= 11 is 5.88. The highest BCUT2D eigenvalue weighted by molar-refractivity contribution is 7.80. The maximum atomic E-state index is 5.88. The fraction of sp³-hybridized carbons (Fsp3) is 0.300. The summed E-state index contributed by atoms with van der Waals surface area (Å²) < 4.78 is 2.34. The molecule has 5 rings (SSSR count). The third-order valence-electron chi connectivity index (χ3n) is 7.28. The van der Waals surface area contributed by atoms with E-state index < -0.39 is 0 Å². The molecule has 0 unspecified atom stereocenters. The van der Waals surface area contributed by atoms with E-state index in [0.717, 1.165) is 35.3 Å². The van der Waals surface area contributed by atoms with Crippen LogP contribution in [0.3, 0.4) is 0 Å². The van der Waals surface area contributed by atoms with Gasteiger partial charge in [-0.15, -0.1) is 0 Å². The Morgan fingerprint density at radius 2 is 1.62 bits per heavy atom. The van der Waals surface area contributed by atoms with Crippen LogP contribution in [0.2, 0.25) is 0 Å². The highest BCUT2D eigenvalue weighted by Gasteiger charge is 2.41. The summed E-state index contributed by atoms with van der Waals surface area (Å²) in [5, 5.41) is 4.29. The number of pyridine rings is 2. The predicted octanol–water partition coefficient (Wildman–Crippen LogP) is 5.90. The van der Waals surface area contributed by atoms with Gasteiger partial charge in [0.25, 0.3) is 0 Å². The molecule has 1 fully saturated rings. The van der Waals surface area contributed by atoms with Crippen LogP contribution in [-0.2, 0) is 6.54 Å². The Morgan fingerprint density at radius 1 is 0.919 bits per heavy atom. The van der Waals surface area contributed by atoms with Crippen molar-refractivity contribution >= 4 is 23.0 Å². The van der Waals surface area contributed by atoms with E-state index in [1.807, 2.05) is 36.7 Å². The first kappa shape index (κ1) is 25.0. The highest BCUT2D eigenvalue weighted by Crippen LogP contribution is 2.42. The monoisotopic (exact) mass is 510 g/mol. The minimum atomic E-state index is -0.0589. The fourth-order valence-electron chi connectivity index (χ4n) is 5.47. The molecule has 6 nitrogen and oxygen atoms in total. The van der Waals surface area contributed by atoms with Gasteiger partial charge in [-0.3, -0.25) is 9.97 Å². The van der Waals surface area contributed by atoms with Crippen LogP contribution in [0.5, 0.6) is 0 Å². The number of aromatic nitrogens is 3. The lowest BCUT2D eigenvalue weighted by Gasteiger charge is -2.28. The summed E-state index contributed by atoms with van der Waals surface area (Å²) in [6.07, 6.45) is 3.68. The molecule has 0 radical (unpaired) electrons. The third-order valence-corrected chi connectivity index (χ3v) is 7.63. The van der Waals surface area contributed by atoms with E-state index >= 15 is 0 Å². The van der Waals surface area contributed by atoms with Gasteiger partial charge >= 0.3 is 0 Å². The molecule has 1 aliphatic rings. The molecule has 3 aromatic heterocycles. The van der Waals surface area contributed by atoms with Crippen LogP contribution in [0.15, 0.2) is 79.1 Å². The number of benzene rings is 1. The Balaban J connectivity index is 1.56. The van der Waals surface area contributed by atoms with Crippen molar-refractivity contribution in [2.75, 3.05) is 18.0 Å². The minimum absolute atomic E-state index is 0.0145. The number of rotatable bonds is 8. The summed E-state index contributed by atoms with van der Waals surface area (Å²) in [5.41, 5.74) is 8.01. The maximum Gasteiger partial charge on any atom is 0.170 e. The van der Waals surface area contributed by atoms with Crippen molar-refractivity contribution in [3.63, 3.8) is 0 Å². The van der Waals surface area contributed by atoms with Crippen molar-refractivity contribution < 1.29 is 0 Å². The van der Waals surface area contributed by atoms with Gasteiger partial charge in [-0.2, -0.15) is 0 Å². The van der Waals surface area contributed by atoms with Crippen LogP contribution in [0, 0.1) is 13.8 Å². The number of anilines is 1. The van der Waals surface area contributed by atoms with E-state index in [1.54, 1.807) is 0 Å². The first-order valence-corrected chi connectivity index (χ1v) is 13.3. The zero-order valence-electron chi connectivity index (χ0n) is 21.9. The van der Waals surface area contributed by atoms with Crippen LogP contribution in [0.4, 0.5) is 5.69 Å². The largest absolute Gasteiger partial charge is 0.372 e. The summed E-state index contributed by atoms with van der Waals surface area (Å²) in [7, 11) is 0. The van der Waals surface area contributed by atoms with E-state index in [-0.39, 0.29) is 12.1 Å². The van der Waals surface area contributed by atoms with Crippen molar-refractivity contribution in [2.45, 2.75) is 46.3 Å². The second-order valence-corrected chi connectivity index (χ2v) is 9.81. The number of aryl methyl sites for hydroxylation is 1. The van der Waals surface area contributed by atoms with E-state index in [2.05, 4.69) is 94.8 Å². The molecule has 190 valence electrons. The Bertz CT molecular complexity index is 1350. The van der Waals surface area contributed by atoms with Crippen molar-refractivity contribution in [2.24, 2.45) is 0 Å². The van der Waals surface area contributed by atoms with Crippen molar-refractivity contribution in [3.05, 3.63) is 107 Å². The molecule has 4 aromatic rings. The first-order chi connectivity index (χ1) is 18.0. The molecule has 0 aliphatic carbocycles. The lowest BCUT2D eigenvalue weighted by atomic mass is 9.96. The Morgan fingerprint density at radius 3 is 2.24 bits per heavy atom. The average Bonchev–Trinajstić information content (AvgIpc) is 3.40. The van der Waals surface area contributed by atoms with Crippen molar-refractivity contribution in [1.29, 1.82) is 0 Å². The molecular weight excluding hydrogens is 476 g/mol. The van der Waals surface area contributed by atoms with Gasteiger partial charge < -0.3 is 19.7 Å². The molecule has 2 atom stereocenters. The molecule has 1 saturated heterocycles. The van der Waals surface area contributed by atoms with E-state index in [9.17, 15) is 0 Å². The Hall–Kier alpha value is -3.71. The van der Waals surface area contributed by atoms with E-state index in [4.69, 9.17) is 17.2 Å². The molecule has 37 heavy (non-hydrogen) atoms. The molecule has 0 saturated carbocycles. The Kier molecular flexibility index (Phi) is 7.24. The minimum Gasteiger partial charge on any atom is -0.372 e. The lowest BCUT2D eigenvalue weighted by molar-refractivity contribution is 0.307. The second kappa shape index (κ2) is 10.7. The highest BCUT2D eigenvalue weighted by atomic mass is 32.1. The quantitative estimate of drug-likeness (QED) is 0.298. The van der Waals surface area contributed by atoms with Gasteiger partial charge in [-0.25, -0.2) is 0 Å². The van der Waals surface area contributed by atoms with Crippen LogP contribution in [0.25, 0.3) is 5.69 Å². The normalized spacial score (nSPS) is 17.2. The molecule has 1 N–H and O–H groups in total. The van der Waals surface area contributed by atoms with Crippen LogP contribution in [-0.4, -0.2) is 37.6 Å². The number of hydrogen-bond acceptors (Lipinski definition) is 4. The van der Waals surface area contributed by atoms with E-state index in [0.29, 0.717) is 6.54 Å². The SMILES string of the molecule is CCN(CC)c1ccc(-n2c(C)cc([C@H]3[C@@H](c4ccccn4)NC(=S)N3Cc3ccccn3)c2C)cc1. The molecule has 0 amide bonds. The number of nitrogens with zero attached hydrogens (tertiary/aromatic N) is 5. The van der Waals surface area contributed by atoms with Crippen LogP contribution < -0.4 is 10.2 Å². The summed E-state index contributed by atoms with van der Waals surface area (Å²) in [6, 6.07) is 23.2. The summed E-state index contributed by atoms with van der Waals surface area (Å²) in [6.45, 7) is 11.4. The van der Waals surface area contributed by atoms with Gasteiger partial charge in [0.15, 0.2) is 5.11 Å². The first-order valence-electron chi connectivity index (χ1n) is 12.9. The zero-order chi connectivity index (χ0) is 25.9. The van der Waals surface area contributed by atoms with Crippen molar-refractivity contribution in [1.82, 2.24) is 24.8 Å². The third kappa shape index (κ3) is 4.83. The van der Waals surface area contributed by atoms with Crippen LogP contribution in [0.1, 0.15) is 54.3 Å². The zero-order valence-corrected chi connectivity index (χ0v) is 22.7. The molecule has 1 aliphatic heterocycles. The number of hydrogen-bond donors (Lipinski definition) is 1. The molecule has 7 heteroatoms. The standard InChI is InChI=1S/C30H34N6S/c1-5-34(6-2)24-13-15-25(16-14-24)36-21(3)19-26(22(36)4)29-28(27-12-8-10-18-32-27)33-30(37)35(29)20-23-11-7-9-17-31-23/h7-19,28-29H,5-6,20H2,1-4H3,(H,33,37)/t28-,29+/m1/s1. The topological polar surface area (TPSA) is 49.2 Å². The lowest BCUT2D eigenvalue weighted by Crippen LogP contribution is -2.29. The Labute approximate surface area is 225 Å². The molecule has 1 aromatic carbocycles. The number of nitrogens with one attached hydrogen (secondary N) is 1. The average molecular weight is 511 g/mol. The van der Waals surface area contributed by atoms with Crippen LogP contribution >= 0.6 is 12.2 Å². The number of thiocarbonyl (C=S) groups is 1. The van der Waals surface area contributed by atoms with Gasteiger partial charge in [0, 0.05) is 48.2 Å². The summed E-state index contributed by atoms with van der Waals surface area (Å²) in [4.78, 5) is 13.9. The second-order valence-electron chi connectivity index (χ2n) is 9.43.